The van der Waals surface area contributed by atoms with Gasteiger partial charge in [-0.05, 0) is 54.5 Å². The second-order valence-corrected chi connectivity index (χ2v) is 5.83. The molecule has 6 heteroatoms. The number of anilines is 1. The normalized spacial score (nSPS) is 10.7. The van der Waals surface area contributed by atoms with Gasteiger partial charge in [0, 0.05) is 10.7 Å². The zero-order valence-electron chi connectivity index (χ0n) is 14.2. The maximum Gasteiger partial charge on any atom is 0.338 e. The summed E-state index contributed by atoms with van der Waals surface area (Å²) in [5.41, 5.74) is 1.52. The highest BCUT2D eigenvalue weighted by molar-refractivity contribution is 6.30. The molecule has 26 heavy (non-hydrogen) atoms. The maximum atomic E-state index is 12.3. The zero-order valence-corrected chi connectivity index (χ0v) is 14.9. The summed E-state index contributed by atoms with van der Waals surface area (Å²) < 4.78 is 5.04. The first-order valence-electron chi connectivity index (χ1n) is 7.99. The summed E-state index contributed by atoms with van der Waals surface area (Å²) >= 11 is 5.82. The van der Waals surface area contributed by atoms with Crippen LogP contribution >= 0.6 is 11.6 Å². The van der Waals surface area contributed by atoms with Gasteiger partial charge < -0.3 is 10.1 Å². The van der Waals surface area contributed by atoms with Crippen molar-refractivity contribution in [1.82, 2.24) is 0 Å². The van der Waals surface area contributed by atoms with Crippen molar-refractivity contribution in [2.24, 2.45) is 0 Å². The molecule has 0 unspecified atom stereocenters. The van der Waals surface area contributed by atoms with Crippen molar-refractivity contribution in [3.8, 4) is 6.07 Å². The van der Waals surface area contributed by atoms with Crippen LogP contribution in [0.4, 0.5) is 5.69 Å². The summed E-state index contributed by atoms with van der Waals surface area (Å²) in [4.78, 5) is 24.0. The van der Waals surface area contributed by atoms with Gasteiger partial charge in [-0.1, -0.05) is 30.7 Å². The van der Waals surface area contributed by atoms with Gasteiger partial charge in [0.1, 0.15) is 11.6 Å². The third kappa shape index (κ3) is 5.47. The summed E-state index contributed by atoms with van der Waals surface area (Å²) in [7, 11) is 0. The standard InChI is InChI=1S/C20H17ClN2O3/c1-2-11-26-20(25)15-5-9-18(10-6-15)23-19(24)16(13-22)12-14-3-7-17(21)8-4-14/h3-10,12H,2,11H2,1H3,(H,23,24)/b16-12+. The van der Waals surface area contributed by atoms with Crippen molar-refractivity contribution >= 4 is 35.2 Å². The van der Waals surface area contributed by atoms with Gasteiger partial charge in [-0.15, -0.1) is 0 Å². The lowest BCUT2D eigenvalue weighted by Crippen LogP contribution is -2.13. The second-order valence-electron chi connectivity index (χ2n) is 5.39. The molecule has 132 valence electrons. The Balaban J connectivity index is 2.07. The Kier molecular flexibility index (Phi) is 6.95. The van der Waals surface area contributed by atoms with E-state index >= 15 is 0 Å². The molecule has 0 aromatic heterocycles. The average Bonchev–Trinajstić information content (AvgIpc) is 2.66. The van der Waals surface area contributed by atoms with Gasteiger partial charge in [-0.3, -0.25) is 4.79 Å². The molecule has 0 fully saturated rings. The molecule has 2 aromatic rings. The number of esters is 1. The number of hydrogen-bond acceptors (Lipinski definition) is 4. The fourth-order valence-corrected chi connectivity index (χ4v) is 2.17. The van der Waals surface area contributed by atoms with E-state index in [1.54, 1.807) is 48.5 Å². The van der Waals surface area contributed by atoms with E-state index in [1.165, 1.54) is 6.08 Å². The van der Waals surface area contributed by atoms with Gasteiger partial charge in [0.05, 0.1) is 12.2 Å². The zero-order chi connectivity index (χ0) is 18.9. The quantitative estimate of drug-likeness (QED) is 0.464. The maximum absolute atomic E-state index is 12.3. The Morgan fingerprint density at radius 2 is 1.81 bits per heavy atom. The Hall–Kier alpha value is -3.10. The number of carbonyl (C=O) groups excluding carboxylic acids is 2. The van der Waals surface area contributed by atoms with Crippen LogP contribution in [0.5, 0.6) is 0 Å². The number of nitrogens with one attached hydrogen (secondary N) is 1. The molecule has 0 heterocycles. The number of nitrogens with zero attached hydrogens (tertiary/aromatic N) is 1. The lowest BCUT2D eigenvalue weighted by Gasteiger charge is -2.06. The highest BCUT2D eigenvalue weighted by Crippen LogP contribution is 2.15. The molecular weight excluding hydrogens is 352 g/mol. The minimum Gasteiger partial charge on any atom is -0.462 e. The molecule has 1 amide bonds. The van der Waals surface area contributed by atoms with Crippen LogP contribution in [0.3, 0.4) is 0 Å². The van der Waals surface area contributed by atoms with Crippen LogP contribution in [0.1, 0.15) is 29.3 Å². The number of rotatable bonds is 6. The summed E-state index contributed by atoms with van der Waals surface area (Å²) in [6.45, 7) is 2.27. The number of nitriles is 1. The predicted molar refractivity (Wildman–Crippen MR) is 101 cm³/mol. The third-order valence-electron chi connectivity index (χ3n) is 3.36. The predicted octanol–water partition coefficient (Wildman–Crippen LogP) is 4.45. The van der Waals surface area contributed by atoms with Crippen LogP contribution in [-0.2, 0) is 9.53 Å². The van der Waals surface area contributed by atoms with Crippen LogP contribution in [0, 0.1) is 11.3 Å². The van der Waals surface area contributed by atoms with Crippen LogP contribution in [-0.4, -0.2) is 18.5 Å². The smallest absolute Gasteiger partial charge is 0.338 e. The highest BCUT2D eigenvalue weighted by atomic mass is 35.5. The van der Waals surface area contributed by atoms with Gasteiger partial charge in [-0.25, -0.2) is 4.79 Å². The van der Waals surface area contributed by atoms with E-state index in [1.807, 2.05) is 13.0 Å². The summed E-state index contributed by atoms with van der Waals surface area (Å²) in [6, 6.07) is 14.9. The average molecular weight is 369 g/mol. The van der Waals surface area contributed by atoms with Gasteiger partial charge in [0.25, 0.3) is 5.91 Å². The van der Waals surface area contributed by atoms with E-state index in [4.69, 9.17) is 16.3 Å². The van der Waals surface area contributed by atoms with Crippen molar-refractivity contribution < 1.29 is 14.3 Å². The van der Waals surface area contributed by atoms with Crippen molar-refractivity contribution in [1.29, 1.82) is 5.26 Å². The fourth-order valence-electron chi connectivity index (χ4n) is 2.04. The Morgan fingerprint density at radius 1 is 1.15 bits per heavy atom. The van der Waals surface area contributed by atoms with E-state index in [9.17, 15) is 14.9 Å². The van der Waals surface area contributed by atoms with E-state index in [0.29, 0.717) is 28.4 Å². The van der Waals surface area contributed by atoms with Gasteiger partial charge in [0.15, 0.2) is 0 Å². The molecule has 0 aliphatic rings. The lowest BCUT2D eigenvalue weighted by molar-refractivity contribution is -0.112. The van der Waals surface area contributed by atoms with Crippen LogP contribution in [0.15, 0.2) is 54.1 Å². The molecule has 0 aliphatic carbocycles. The highest BCUT2D eigenvalue weighted by Gasteiger charge is 2.11. The monoisotopic (exact) mass is 368 g/mol. The van der Waals surface area contributed by atoms with E-state index in [-0.39, 0.29) is 5.57 Å². The van der Waals surface area contributed by atoms with Crippen molar-refractivity contribution in [2.45, 2.75) is 13.3 Å². The number of amides is 1. The Bertz CT molecular complexity index is 850. The number of benzene rings is 2. The first-order valence-corrected chi connectivity index (χ1v) is 8.37. The molecule has 2 rings (SSSR count). The molecule has 0 saturated heterocycles. The second kappa shape index (κ2) is 9.40. The molecule has 1 N–H and O–H groups in total. The number of ether oxygens (including phenoxy) is 1. The first-order chi connectivity index (χ1) is 12.5. The van der Waals surface area contributed by atoms with Gasteiger partial charge in [-0.2, -0.15) is 5.26 Å². The summed E-state index contributed by atoms with van der Waals surface area (Å²) in [6.07, 6.45) is 2.22. The number of halogens is 1. The SMILES string of the molecule is CCCOC(=O)c1ccc(NC(=O)/C(C#N)=C/c2ccc(Cl)cc2)cc1. The first kappa shape index (κ1) is 19.2. The minimum absolute atomic E-state index is 0.0428. The fraction of sp³-hybridized carbons (Fsp3) is 0.150. The largest absolute Gasteiger partial charge is 0.462 e. The Labute approximate surface area is 156 Å². The Morgan fingerprint density at radius 3 is 2.38 bits per heavy atom. The van der Waals surface area contributed by atoms with E-state index in [0.717, 1.165) is 6.42 Å². The minimum atomic E-state index is -0.538. The van der Waals surface area contributed by atoms with Crippen molar-refractivity contribution in [3.63, 3.8) is 0 Å². The van der Waals surface area contributed by atoms with Crippen molar-refractivity contribution in [3.05, 3.63) is 70.3 Å². The van der Waals surface area contributed by atoms with Gasteiger partial charge >= 0.3 is 5.97 Å². The molecule has 0 spiro atoms. The summed E-state index contributed by atoms with van der Waals surface area (Å²) in [5, 5.41) is 12.4. The molecule has 2 aromatic carbocycles. The van der Waals surface area contributed by atoms with Gasteiger partial charge in [0.2, 0.25) is 0 Å². The van der Waals surface area contributed by atoms with Crippen molar-refractivity contribution in [2.75, 3.05) is 11.9 Å². The molecule has 0 saturated carbocycles. The lowest BCUT2D eigenvalue weighted by atomic mass is 10.1. The topological polar surface area (TPSA) is 79.2 Å². The van der Waals surface area contributed by atoms with Crippen LogP contribution in [0.25, 0.3) is 6.08 Å². The molecule has 0 bridgehead atoms. The molecule has 0 radical (unpaired) electrons. The molecule has 0 aliphatic heterocycles. The number of hydrogen-bond donors (Lipinski definition) is 1. The molecule has 5 nitrogen and oxygen atoms in total. The number of carbonyl (C=O) groups is 2. The molecule has 0 atom stereocenters. The van der Waals surface area contributed by atoms with E-state index in [2.05, 4.69) is 5.32 Å². The summed E-state index contributed by atoms with van der Waals surface area (Å²) in [5.74, 6) is -0.950. The molecular formula is C20H17ClN2O3. The van der Waals surface area contributed by atoms with Crippen LogP contribution < -0.4 is 5.32 Å². The van der Waals surface area contributed by atoms with E-state index < -0.39 is 11.9 Å². The third-order valence-corrected chi connectivity index (χ3v) is 3.61. The van der Waals surface area contributed by atoms with Crippen LogP contribution in [0.2, 0.25) is 5.02 Å².